The normalized spacial score (nSPS) is 17.2. The van der Waals surface area contributed by atoms with Gasteiger partial charge in [-0.05, 0) is 48.9 Å². The van der Waals surface area contributed by atoms with Gasteiger partial charge in [0.25, 0.3) is 5.91 Å². The zero-order valence-electron chi connectivity index (χ0n) is 18.9. The lowest BCUT2D eigenvalue weighted by Crippen LogP contribution is -2.64. The van der Waals surface area contributed by atoms with Crippen LogP contribution >= 0.6 is 0 Å². The molecule has 0 saturated heterocycles. The third-order valence-corrected chi connectivity index (χ3v) is 5.78. The summed E-state index contributed by atoms with van der Waals surface area (Å²) in [5, 5.41) is 2.84. The quantitative estimate of drug-likeness (QED) is 0.560. The highest BCUT2D eigenvalue weighted by Crippen LogP contribution is 2.34. The van der Waals surface area contributed by atoms with Gasteiger partial charge in [-0.1, -0.05) is 12.1 Å². The van der Waals surface area contributed by atoms with Crippen LogP contribution in [0.15, 0.2) is 54.9 Å². The number of halogens is 1. The molecule has 1 atom stereocenters. The Kier molecular flexibility index (Phi) is 6.06. The summed E-state index contributed by atoms with van der Waals surface area (Å²) >= 11 is 0. The molecule has 3 aromatic rings. The SMILES string of the molecule is COC(=O)c1ncn2c1C(=O)N(c1ccc(OC)cc1)[C@](C)(C(=O)NCc1ccc(F)cc1)C2. The van der Waals surface area contributed by atoms with Gasteiger partial charge in [0.05, 0.1) is 27.1 Å². The number of fused-ring (bicyclic) bond motifs is 1. The fraction of sp³-hybridized carbons (Fsp3) is 0.250. The standard InChI is InChI=1S/C24H23FN4O5/c1-24(23(32)26-12-15-4-6-16(25)7-5-15)13-28-14-27-19(22(31)34-3)20(28)21(30)29(24)17-8-10-18(33-2)11-9-17/h4-11,14H,12-13H2,1-3H3,(H,26,32)/t24-/m0/s1. The summed E-state index contributed by atoms with van der Waals surface area (Å²) in [6.45, 7) is 1.82. The number of ether oxygens (including phenoxy) is 2. The van der Waals surface area contributed by atoms with Crippen molar-refractivity contribution in [3.8, 4) is 5.75 Å². The summed E-state index contributed by atoms with van der Waals surface area (Å²) in [5.74, 6) is -1.55. The van der Waals surface area contributed by atoms with Crippen LogP contribution in [0.4, 0.5) is 10.1 Å². The Morgan fingerprint density at radius 1 is 1.12 bits per heavy atom. The lowest BCUT2D eigenvalue weighted by Gasteiger charge is -2.43. The van der Waals surface area contributed by atoms with Gasteiger partial charge in [-0.3, -0.25) is 14.5 Å². The number of benzene rings is 2. The Morgan fingerprint density at radius 3 is 2.41 bits per heavy atom. The molecule has 0 bridgehead atoms. The molecule has 0 radical (unpaired) electrons. The number of carbonyl (C=O) groups excluding carboxylic acids is 3. The fourth-order valence-electron chi connectivity index (χ4n) is 3.99. The van der Waals surface area contributed by atoms with Gasteiger partial charge in [0.15, 0.2) is 5.69 Å². The van der Waals surface area contributed by atoms with E-state index in [0.717, 1.165) is 0 Å². The van der Waals surface area contributed by atoms with Crippen molar-refractivity contribution in [2.45, 2.75) is 25.6 Å². The minimum absolute atomic E-state index is 0.0338. The van der Waals surface area contributed by atoms with Gasteiger partial charge in [0.1, 0.15) is 22.8 Å². The summed E-state index contributed by atoms with van der Waals surface area (Å²) < 4.78 is 24.7. The number of amides is 2. The molecule has 10 heteroatoms. The van der Waals surface area contributed by atoms with E-state index in [2.05, 4.69) is 10.3 Å². The van der Waals surface area contributed by atoms with Crippen LogP contribution in [0.5, 0.6) is 5.75 Å². The highest BCUT2D eigenvalue weighted by atomic mass is 19.1. The van der Waals surface area contributed by atoms with Gasteiger partial charge < -0.3 is 19.4 Å². The molecule has 2 aromatic carbocycles. The number of carbonyl (C=O) groups is 3. The summed E-state index contributed by atoms with van der Waals surface area (Å²) in [4.78, 5) is 44.8. The lowest BCUT2D eigenvalue weighted by atomic mass is 9.93. The second-order valence-corrected chi connectivity index (χ2v) is 7.98. The van der Waals surface area contributed by atoms with E-state index < -0.39 is 23.3 Å². The Balaban J connectivity index is 1.73. The second kappa shape index (κ2) is 8.97. The van der Waals surface area contributed by atoms with Crippen LogP contribution in [-0.2, 0) is 22.6 Å². The maximum absolute atomic E-state index is 13.7. The Morgan fingerprint density at radius 2 is 1.79 bits per heavy atom. The molecule has 0 saturated carbocycles. The van der Waals surface area contributed by atoms with Crippen molar-refractivity contribution in [3.05, 3.63) is 77.6 Å². The van der Waals surface area contributed by atoms with Gasteiger partial charge in [0, 0.05) is 12.2 Å². The lowest BCUT2D eigenvalue weighted by molar-refractivity contribution is -0.126. The number of nitrogens with zero attached hydrogens (tertiary/aromatic N) is 3. The predicted octanol–water partition coefficient (Wildman–Crippen LogP) is 2.55. The van der Waals surface area contributed by atoms with Gasteiger partial charge in [0.2, 0.25) is 5.91 Å². The fourth-order valence-corrected chi connectivity index (χ4v) is 3.99. The highest BCUT2D eigenvalue weighted by molar-refractivity contribution is 6.15. The third kappa shape index (κ3) is 3.98. The number of anilines is 1. The van der Waals surface area contributed by atoms with Crippen LogP contribution < -0.4 is 15.0 Å². The first-order valence-electron chi connectivity index (χ1n) is 10.4. The van der Waals surface area contributed by atoms with E-state index in [1.165, 1.54) is 42.1 Å². The molecule has 0 aliphatic carbocycles. The van der Waals surface area contributed by atoms with Crippen LogP contribution in [-0.4, -0.2) is 47.1 Å². The number of esters is 1. The number of aromatic nitrogens is 2. The van der Waals surface area contributed by atoms with Crippen molar-refractivity contribution in [2.75, 3.05) is 19.1 Å². The summed E-state index contributed by atoms with van der Waals surface area (Å²) in [5.41, 5.74) is -0.320. The zero-order chi connectivity index (χ0) is 24.5. The number of nitrogens with one attached hydrogen (secondary N) is 1. The van der Waals surface area contributed by atoms with E-state index in [4.69, 9.17) is 9.47 Å². The molecule has 0 spiro atoms. The molecule has 34 heavy (non-hydrogen) atoms. The Bertz CT molecular complexity index is 1240. The first-order chi connectivity index (χ1) is 16.3. The topological polar surface area (TPSA) is 103 Å². The maximum Gasteiger partial charge on any atom is 0.359 e. The molecule has 2 amide bonds. The van der Waals surface area contributed by atoms with Gasteiger partial charge in [-0.2, -0.15) is 0 Å². The summed E-state index contributed by atoms with van der Waals surface area (Å²) in [7, 11) is 2.73. The molecule has 2 heterocycles. The maximum atomic E-state index is 13.7. The van der Waals surface area contributed by atoms with Crippen molar-refractivity contribution in [2.24, 2.45) is 0 Å². The van der Waals surface area contributed by atoms with E-state index >= 15 is 0 Å². The largest absolute Gasteiger partial charge is 0.497 e. The van der Waals surface area contributed by atoms with Crippen LogP contribution in [0.2, 0.25) is 0 Å². The third-order valence-electron chi connectivity index (χ3n) is 5.78. The molecule has 4 rings (SSSR count). The molecule has 9 nitrogen and oxygen atoms in total. The molecule has 1 aromatic heterocycles. The summed E-state index contributed by atoms with van der Waals surface area (Å²) in [6, 6.07) is 12.4. The number of hydrogen-bond acceptors (Lipinski definition) is 6. The first kappa shape index (κ1) is 23.0. The predicted molar refractivity (Wildman–Crippen MR) is 120 cm³/mol. The van der Waals surface area contributed by atoms with Gasteiger partial charge in [-0.25, -0.2) is 14.2 Å². The average molecular weight is 466 g/mol. The number of hydrogen-bond donors (Lipinski definition) is 1. The van der Waals surface area contributed by atoms with Crippen molar-refractivity contribution in [3.63, 3.8) is 0 Å². The molecule has 1 aliphatic heterocycles. The number of methoxy groups -OCH3 is 2. The van der Waals surface area contributed by atoms with Gasteiger partial charge >= 0.3 is 5.97 Å². The monoisotopic (exact) mass is 466 g/mol. The van der Waals surface area contributed by atoms with Crippen LogP contribution in [0.25, 0.3) is 0 Å². The second-order valence-electron chi connectivity index (χ2n) is 7.98. The van der Waals surface area contributed by atoms with Crippen molar-refractivity contribution in [1.29, 1.82) is 0 Å². The molecule has 0 unspecified atom stereocenters. The van der Waals surface area contributed by atoms with Crippen molar-refractivity contribution < 1.29 is 28.2 Å². The van der Waals surface area contributed by atoms with Crippen molar-refractivity contribution >= 4 is 23.5 Å². The van der Waals surface area contributed by atoms with Crippen LogP contribution in [0.1, 0.15) is 33.5 Å². The average Bonchev–Trinajstić information content (AvgIpc) is 3.27. The minimum atomic E-state index is -1.37. The van der Waals surface area contributed by atoms with E-state index in [-0.39, 0.29) is 30.3 Å². The molecular weight excluding hydrogens is 443 g/mol. The van der Waals surface area contributed by atoms with E-state index in [9.17, 15) is 18.8 Å². The molecule has 0 fully saturated rings. The first-order valence-corrected chi connectivity index (χ1v) is 10.4. The number of rotatable bonds is 6. The molecule has 176 valence electrons. The highest BCUT2D eigenvalue weighted by Gasteiger charge is 2.49. The summed E-state index contributed by atoms with van der Waals surface area (Å²) in [6.07, 6.45) is 1.34. The molecular formula is C24H23FN4O5. The number of imidazole rings is 1. The zero-order valence-corrected chi connectivity index (χ0v) is 18.9. The van der Waals surface area contributed by atoms with E-state index in [0.29, 0.717) is 17.0 Å². The van der Waals surface area contributed by atoms with E-state index in [1.54, 1.807) is 43.3 Å². The smallest absolute Gasteiger partial charge is 0.359 e. The molecule has 1 N–H and O–H groups in total. The Labute approximate surface area is 195 Å². The van der Waals surface area contributed by atoms with Crippen molar-refractivity contribution in [1.82, 2.24) is 14.9 Å². The minimum Gasteiger partial charge on any atom is -0.497 e. The van der Waals surface area contributed by atoms with Crippen LogP contribution in [0.3, 0.4) is 0 Å². The van der Waals surface area contributed by atoms with E-state index in [1.807, 2.05) is 0 Å². The van der Waals surface area contributed by atoms with Gasteiger partial charge in [-0.15, -0.1) is 0 Å². The Hall–Kier alpha value is -4.21. The molecule has 1 aliphatic rings. The van der Waals surface area contributed by atoms with Crippen LogP contribution in [0, 0.1) is 5.82 Å².